The maximum Gasteiger partial charge on any atom is 0.0823 e. The van der Waals surface area contributed by atoms with Crippen LogP contribution in [0.15, 0.2) is 30.3 Å². The Labute approximate surface area is 97.3 Å². The number of hydrogen-bond donors (Lipinski definition) is 1. The van der Waals surface area contributed by atoms with Gasteiger partial charge in [-0.1, -0.05) is 43.2 Å². The van der Waals surface area contributed by atoms with E-state index in [4.69, 9.17) is 11.7 Å². The van der Waals surface area contributed by atoms with Gasteiger partial charge in [-0.25, -0.2) is 0 Å². The Bertz CT molecular complexity index is 383. The minimum atomic E-state index is -0.171. The maximum atomic E-state index is 8.64. The summed E-state index contributed by atoms with van der Waals surface area (Å²) in [6, 6.07) is 12.3. The molecule has 0 aliphatic heterocycles. The molecule has 0 aliphatic rings. The van der Waals surface area contributed by atoms with E-state index >= 15 is 0 Å². The van der Waals surface area contributed by atoms with Crippen molar-refractivity contribution in [3.8, 4) is 18.4 Å². The maximum absolute atomic E-state index is 8.64. The van der Waals surface area contributed by atoms with E-state index in [9.17, 15) is 0 Å². The van der Waals surface area contributed by atoms with Gasteiger partial charge >= 0.3 is 0 Å². The fourth-order valence-corrected chi connectivity index (χ4v) is 1.64. The number of hydrogen-bond acceptors (Lipinski definition) is 2. The average molecular weight is 212 g/mol. The molecule has 2 nitrogen and oxygen atoms in total. The molecular weight excluding hydrogens is 196 g/mol. The monoisotopic (exact) mass is 212 g/mol. The second-order valence-electron chi connectivity index (χ2n) is 3.62. The van der Waals surface area contributed by atoms with Crippen LogP contribution in [0.25, 0.3) is 0 Å². The molecule has 0 saturated heterocycles. The summed E-state index contributed by atoms with van der Waals surface area (Å²) in [7, 11) is 0. The smallest absolute Gasteiger partial charge is 0.0823 e. The van der Waals surface area contributed by atoms with E-state index in [2.05, 4.69) is 36.4 Å². The average Bonchev–Trinajstić information content (AvgIpc) is 2.35. The fourth-order valence-electron chi connectivity index (χ4n) is 1.64. The SMILES string of the molecule is C#CC(CC#N)NC(CC)c1ccccc1. The third-order valence-corrected chi connectivity index (χ3v) is 2.51. The Morgan fingerprint density at radius 1 is 1.38 bits per heavy atom. The van der Waals surface area contributed by atoms with Gasteiger partial charge in [-0.2, -0.15) is 5.26 Å². The van der Waals surface area contributed by atoms with E-state index in [0.717, 1.165) is 6.42 Å². The molecule has 16 heavy (non-hydrogen) atoms. The molecule has 0 spiro atoms. The third-order valence-electron chi connectivity index (χ3n) is 2.51. The summed E-state index contributed by atoms with van der Waals surface area (Å²) in [5.74, 6) is 2.60. The van der Waals surface area contributed by atoms with Gasteiger partial charge in [0.05, 0.1) is 18.5 Å². The highest BCUT2D eigenvalue weighted by Gasteiger charge is 2.12. The van der Waals surface area contributed by atoms with Crippen LogP contribution < -0.4 is 5.32 Å². The second kappa shape index (κ2) is 6.67. The van der Waals surface area contributed by atoms with Crippen LogP contribution in [0.4, 0.5) is 0 Å². The molecule has 0 radical (unpaired) electrons. The number of terminal acetylenes is 1. The Balaban J connectivity index is 2.70. The summed E-state index contributed by atoms with van der Waals surface area (Å²) in [5.41, 5.74) is 1.21. The quantitative estimate of drug-likeness (QED) is 0.762. The standard InChI is InChI=1S/C14H16N2/c1-3-13(10-11-15)16-14(4-2)12-8-6-5-7-9-12/h1,5-9,13-14,16H,4,10H2,2H3. The van der Waals surface area contributed by atoms with E-state index < -0.39 is 0 Å². The lowest BCUT2D eigenvalue weighted by Gasteiger charge is -2.20. The van der Waals surface area contributed by atoms with E-state index in [1.165, 1.54) is 5.56 Å². The van der Waals surface area contributed by atoms with Gasteiger partial charge in [0.1, 0.15) is 0 Å². The minimum absolute atomic E-state index is 0.171. The van der Waals surface area contributed by atoms with Crippen molar-refractivity contribution in [2.24, 2.45) is 0 Å². The molecule has 0 heterocycles. The highest BCUT2D eigenvalue weighted by atomic mass is 14.9. The first kappa shape index (κ1) is 12.3. The van der Waals surface area contributed by atoms with Crippen molar-refractivity contribution in [3.05, 3.63) is 35.9 Å². The summed E-state index contributed by atoms with van der Waals surface area (Å²) in [4.78, 5) is 0. The molecule has 0 bridgehead atoms. The van der Waals surface area contributed by atoms with Crippen molar-refractivity contribution in [1.29, 1.82) is 5.26 Å². The van der Waals surface area contributed by atoms with Crippen LogP contribution in [0.2, 0.25) is 0 Å². The summed E-state index contributed by atoms with van der Waals surface area (Å²) in [6.07, 6.45) is 6.68. The predicted octanol–water partition coefficient (Wildman–Crippen LogP) is 2.64. The summed E-state index contributed by atoms with van der Waals surface area (Å²) in [6.45, 7) is 2.10. The van der Waals surface area contributed by atoms with Crippen molar-refractivity contribution in [2.45, 2.75) is 31.8 Å². The van der Waals surface area contributed by atoms with Crippen LogP contribution in [-0.2, 0) is 0 Å². The molecule has 2 unspecified atom stereocenters. The van der Waals surface area contributed by atoms with Gasteiger partial charge in [-0.05, 0) is 12.0 Å². The number of nitriles is 1. The molecule has 1 N–H and O–H groups in total. The Morgan fingerprint density at radius 2 is 2.06 bits per heavy atom. The highest BCUT2D eigenvalue weighted by Crippen LogP contribution is 2.16. The second-order valence-corrected chi connectivity index (χ2v) is 3.62. The molecule has 0 aromatic heterocycles. The Kier molecular flexibility index (Phi) is 5.12. The van der Waals surface area contributed by atoms with Crippen LogP contribution in [-0.4, -0.2) is 6.04 Å². The molecule has 0 fully saturated rings. The minimum Gasteiger partial charge on any atom is -0.296 e. The predicted molar refractivity (Wildman–Crippen MR) is 65.5 cm³/mol. The van der Waals surface area contributed by atoms with E-state index in [0.29, 0.717) is 6.42 Å². The number of rotatable bonds is 5. The molecule has 0 amide bonds. The number of nitrogens with one attached hydrogen (secondary N) is 1. The molecule has 1 aromatic carbocycles. The van der Waals surface area contributed by atoms with E-state index in [1.807, 2.05) is 18.2 Å². The number of nitrogens with zero attached hydrogens (tertiary/aromatic N) is 1. The summed E-state index contributed by atoms with van der Waals surface area (Å²) in [5, 5.41) is 12.0. The van der Waals surface area contributed by atoms with Gasteiger partial charge < -0.3 is 0 Å². The van der Waals surface area contributed by atoms with Crippen LogP contribution in [0.1, 0.15) is 31.4 Å². The first-order valence-electron chi connectivity index (χ1n) is 5.45. The lowest BCUT2D eigenvalue weighted by Crippen LogP contribution is -2.31. The molecule has 1 aromatic rings. The molecule has 82 valence electrons. The van der Waals surface area contributed by atoms with Crippen LogP contribution in [0.5, 0.6) is 0 Å². The summed E-state index contributed by atoms with van der Waals surface area (Å²) < 4.78 is 0. The van der Waals surface area contributed by atoms with Crippen molar-refractivity contribution in [2.75, 3.05) is 0 Å². The largest absolute Gasteiger partial charge is 0.296 e. The van der Waals surface area contributed by atoms with E-state index in [1.54, 1.807) is 0 Å². The molecule has 2 atom stereocenters. The Morgan fingerprint density at radius 3 is 2.56 bits per heavy atom. The van der Waals surface area contributed by atoms with Gasteiger partial charge in [-0.3, -0.25) is 5.32 Å². The van der Waals surface area contributed by atoms with Crippen molar-refractivity contribution < 1.29 is 0 Å². The topological polar surface area (TPSA) is 35.8 Å². The highest BCUT2D eigenvalue weighted by molar-refractivity contribution is 5.20. The van der Waals surface area contributed by atoms with Gasteiger partial charge in [0.15, 0.2) is 0 Å². The molecular formula is C14H16N2. The van der Waals surface area contributed by atoms with Crippen LogP contribution in [0.3, 0.4) is 0 Å². The molecule has 2 heteroatoms. The van der Waals surface area contributed by atoms with Gasteiger partial charge in [-0.15, -0.1) is 6.42 Å². The van der Waals surface area contributed by atoms with E-state index in [-0.39, 0.29) is 12.1 Å². The van der Waals surface area contributed by atoms with Crippen molar-refractivity contribution >= 4 is 0 Å². The van der Waals surface area contributed by atoms with Crippen LogP contribution in [0, 0.1) is 23.7 Å². The van der Waals surface area contributed by atoms with Crippen LogP contribution >= 0.6 is 0 Å². The van der Waals surface area contributed by atoms with Gasteiger partial charge in [0.2, 0.25) is 0 Å². The van der Waals surface area contributed by atoms with Gasteiger partial charge in [0, 0.05) is 6.04 Å². The van der Waals surface area contributed by atoms with Gasteiger partial charge in [0.25, 0.3) is 0 Å². The van der Waals surface area contributed by atoms with Crippen molar-refractivity contribution in [1.82, 2.24) is 5.32 Å². The Hall–Kier alpha value is -1.77. The fraction of sp³-hybridized carbons (Fsp3) is 0.357. The lowest BCUT2D eigenvalue weighted by atomic mass is 10.0. The van der Waals surface area contributed by atoms with Crippen molar-refractivity contribution in [3.63, 3.8) is 0 Å². The first-order valence-corrected chi connectivity index (χ1v) is 5.45. The third kappa shape index (κ3) is 3.42. The lowest BCUT2D eigenvalue weighted by molar-refractivity contribution is 0.483. The summed E-state index contributed by atoms with van der Waals surface area (Å²) >= 11 is 0. The number of benzene rings is 1. The molecule has 0 aliphatic carbocycles. The normalized spacial score (nSPS) is 13.4. The first-order chi connectivity index (χ1) is 7.81. The zero-order valence-corrected chi connectivity index (χ0v) is 9.48. The molecule has 1 rings (SSSR count). The zero-order chi connectivity index (χ0) is 11.8. The molecule has 0 saturated carbocycles. The zero-order valence-electron chi connectivity index (χ0n) is 9.48.